The second-order valence-corrected chi connectivity index (χ2v) is 7.02. The topological polar surface area (TPSA) is 48.5 Å². The summed E-state index contributed by atoms with van der Waals surface area (Å²) in [4.78, 5) is 4.76. The SMILES string of the molecule is Fc1ccc(Cl)c(F)c1CNC1=Nc2ccccc2NC12CCNCC2. The van der Waals surface area contributed by atoms with E-state index in [0.717, 1.165) is 37.3 Å². The van der Waals surface area contributed by atoms with Crippen LogP contribution in [0.1, 0.15) is 18.4 Å². The van der Waals surface area contributed by atoms with Gasteiger partial charge in [-0.1, -0.05) is 23.7 Å². The van der Waals surface area contributed by atoms with Crippen LogP contribution in [0.5, 0.6) is 0 Å². The van der Waals surface area contributed by atoms with E-state index in [1.165, 1.54) is 12.1 Å². The Morgan fingerprint density at radius 1 is 1.12 bits per heavy atom. The molecular formula is C19H19ClF2N4. The second kappa shape index (κ2) is 6.85. The number of rotatable bonds is 2. The smallest absolute Gasteiger partial charge is 0.149 e. The van der Waals surface area contributed by atoms with Crippen molar-refractivity contribution >= 4 is 28.8 Å². The van der Waals surface area contributed by atoms with Crippen molar-refractivity contribution in [3.05, 3.63) is 58.6 Å². The zero-order chi connectivity index (χ0) is 18.1. The molecule has 2 heterocycles. The van der Waals surface area contributed by atoms with Crippen LogP contribution in [0.15, 0.2) is 41.4 Å². The van der Waals surface area contributed by atoms with Crippen molar-refractivity contribution in [3.63, 3.8) is 0 Å². The summed E-state index contributed by atoms with van der Waals surface area (Å²) < 4.78 is 28.3. The third kappa shape index (κ3) is 3.04. The van der Waals surface area contributed by atoms with Crippen LogP contribution in [-0.2, 0) is 6.54 Å². The Kier molecular flexibility index (Phi) is 4.54. The lowest BCUT2D eigenvalue weighted by Gasteiger charge is -2.43. The van der Waals surface area contributed by atoms with Crippen molar-refractivity contribution in [3.8, 4) is 0 Å². The Morgan fingerprint density at radius 3 is 2.69 bits per heavy atom. The predicted octanol–water partition coefficient (Wildman–Crippen LogP) is 3.99. The van der Waals surface area contributed by atoms with E-state index in [-0.39, 0.29) is 22.7 Å². The largest absolute Gasteiger partial charge is 0.371 e. The van der Waals surface area contributed by atoms with E-state index in [4.69, 9.17) is 16.6 Å². The molecule has 0 aliphatic carbocycles. The van der Waals surface area contributed by atoms with Gasteiger partial charge >= 0.3 is 0 Å². The fraction of sp³-hybridized carbons (Fsp3) is 0.316. The van der Waals surface area contributed by atoms with E-state index in [2.05, 4.69) is 16.0 Å². The summed E-state index contributed by atoms with van der Waals surface area (Å²) in [6, 6.07) is 10.2. The highest BCUT2D eigenvalue weighted by Gasteiger charge is 2.40. The first-order valence-electron chi connectivity index (χ1n) is 8.62. The summed E-state index contributed by atoms with van der Waals surface area (Å²) >= 11 is 5.80. The molecule has 2 aliphatic rings. The highest BCUT2D eigenvalue weighted by Crippen LogP contribution is 2.37. The van der Waals surface area contributed by atoms with Crippen LogP contribution >= 0.6 is 11.6 Å². The van der Waals surface area contributed by atoms with E-state index in [1.54, 1.807) is 0 Å². The van der Waals surface area contributed by atoms with E-state index in [1.807, 2.05) is 24.3 Å². The monoisotopic (exact) mass is 376 g/mol. The minimum atomic E-state index is -0.733. The Labute approximate surface area is 155 Å². The maximum absolute atomic E-state index is 14.2. The zero-order valence-electron chi connectivity index (χ0n) is 14.1. The minimum Gasteiger partial charge on any atom is -0.371 e. The number of anilines is 1. The lowest BCUT2D eigenvalue weighted by Crippen LogP contribution is -2.58. The van der Waals surface area contributed by atoms with Gasteiger partial charge in [0.25, 0.3) is 0 Å². The number of para-hydroxylation sites is 2. The number of aliphatic imine (C=N–C) groups is 1. The lowest BCUT2D eigenvalue weighted by molar-refractivity contribution is 0.411. The average Bonchev–Trinajstić information content (AvgIpc) is 2.66. The first-order valence-corrected chi connectivity index (χ1v) is 9.00. The summed E-state index contributed by atoms with van der Waals surface area (Å²) in [6.07, 6.45) is 1.65. The molecule has 136 valence electrons. The first kappa shape index (κ1) is 17.2. The number of hydrogen-bond donors (Lipinski definition) is 3. The van der Waals surface area contributed by atoms with Crippen molar-refractivity contribution in [2.24, 2.45) is 4.99 Å². The molecule has 4 rings (SSSR count). The van der Waals surface area contributed by atoms with Crippen LogP contribution in [0.4, 0.5) is 20.2 Å². The number of fused-ring (bicyclic) bond motifs is 1. The number of nitrogens with one attached hydrogen (secondary N) is 3. The van der Waals surface area contributed by atoms with Gasteiger partial charge in [-0.05, 0) is 50.2 Å². The molecule has 4 nitrogen and oxygen atoms in total. The third-order valence-corrected chi connectivity index (χ3v) is 5.28. The second-order valence-electron chi connectivity index (χ2n) is 6.61. The Bertz CT molecular complexity index is 863. The fourth-order valence-corrected chi connectivity index (χ4v) is 3.73. The van der Waals surface area contributed by atoms with Crippen molar-refractivity contribution in [1.82, 2.24) is 10.6 Å². The van der Waals surface area contributed by atoms with Gasteiger partial charge in [0.1, 0.15) is 17.5 Å². The molecule has 1 spiro atoms. The predicted molar refractivity (Wildman–Crippen MR) is 100 cm³/mol. The number of benzene rings is 2. The first-order chi connectivity index (χ1) is 12.6. The molecule has 1 fully saturated rings. The molecule has 0 unspecified atom stereocenters. The molecule has 2 aliphatic heterocycles. The molecule has 7 heteroatoms. The van der Waals surface area contributed by atoms with Gasteiger partial charge in [-0.2, -0.15) is 0 Å². The van der Waals surface area contributed by atoms with Crippen molar-refractivity contribution in [1.29, 1.82) is 0 Å². The van der Waals surface area contributed by atoms with Gasteiger partial charge in [-0.25, -0.2) is 13.8 Å². The van der Waals surface area contributed by atoms with Gasteiger partial charge in [0.15, 0.2) is 0 Å². The van der Waals surface area contributed by atoms with Crippen LogP contribution < -0.4 is 16.0 Å². The molecule has 2 aromatic rings. The van der Waals surface area contributed by atoms with Crippen molar-refractivity contribution < 1.29 is 8.78 Å². The van der Waals surface area contributed by atoms with Crippen molar-refractivity contribution in [2.75, 3.05) is 18.4 Å². The molecule has 3 N–H and O–H groups in total. The van der Waals surface area contributed by atoms with Gasteiger partial charge in [-0.15, -0.1) is 0 Å². The Hall–Kier alpha value is -2.18. The molecule has 2 aromatic carbocycles. The molecular weight excluding hydrogens is 358 g/mol. The number of halogens is 3. The Morgan fingerprint density at radius 2 is 1.88 bits per heavy atom. The molecule has 0 aromatic heterocycles. The van der Waals surface area contributed by atoms with Crippen LogP contribution in [0.3, 0.4) is 0 Å². The van der Waals surface area contributed by atoms with Gasteiger partial charge in [-0.3, -0.25) is 0 Å². The number of piperidine rings is 1. The highest BCUT2D eigenvalue weighted by atomic mass is 35.5. The van der Waals surface area contributed by atoms with Crippen LogP contribution in [0, 0.1) is 11.6 Å². The van der Waals surface area contributed by atoms with Crippen LogP contribution in [0.25, 0.3) is 0 Å². The lowest BCUT2D eigenvalue weighted by atomic mass is 9.85. The maximum Gasteiger partial charge on any atom is 0.149 e. The fourth-order valence-electron chi connectivity index (χ4n) is 3.55. The van der Waals surface area contributed by atoms with Gasteiger partial charge in [0.05, 0.1) is 21.9 Å². The Balaban J connectivity index is 1.67. The van der Waals surface area contributed by atoms with Crippen LogP contribution in [-0.4, -0.2) is 24.5 Å². The summed E-state index contributed by atoms with van der Waals surface area (Å²) in [7, 11) is 0. The molecule has 0 radical (unpaired) electrons. The molecule has 0 atom stereocenters. The molecule has 0 amide bonds. The van der Waals surface area contributed by atoms with Gasteiger partial charge < -0.3 is 16.0 Å². The van der Waals surface area contributed by atoms with E-state index in [0.29, 0.717) is 5.84 Å². The summed E-state index contributed by atoms with van der Waals surface area (Å²) in [5.41, 5.74) is 1.33. The van der Waals surface area contributed by atoms with Crippen molar-refractivity contribution in [2.45, 2.75) is 24.9 Å². The quantitative estimate of drug-likeness (QED) is 0.695. The van der Waals surface area contributed by atoms with E-state index < -0.39 is 11.6 Å². The van der Waals surface area contributed by atoms with E-state index in [9.17, 15) is 8.78 Å². The average molecular weight is 377 g/mol. The zero-order valence-corrected chi connectivity index (χ0v) is 14.8. The standard InChI is InChI=1S/C19H19ClF2N4/c20-13-5-6-14(21)12(17(13)22)11-24-18-19(7-9-23-10-8-19)26-16-4-2-1-3-15(16)25-18/h1-6,23,26H,7-11H2,(H,24,25). The molecule has 0 saturated carbocycles. The maximum atomic E-state index is 14.2. The third-order valence-electron chi connectivity index (χ3n) is 4.99. The molecule has 1 saturated heterocycles. The van der Waals surface area contributed by atoms with E-state index >= 15 is 0 Å². The number of amidine groups is 1. The molecule has 0 bridgehead atoms. The van der Waals surface area contributed by atoms with Crippen LogP contribution in [0.2, 0.25) is 5.02 Å². The van der Waals surface area contributed by atoms with Gasteiger partial charge in [0.2, 0.25) is 0 Å². The number of hydrogen-bond acceptors (Lipinski definition) is 4. The number of nitrogens with zero attached hydrogens (tertiary/aromatic N) is 1. The minimum absolute atomic E-state index is 0.0178. The summed E-state index contributed by atoms with van der Waals surface area (Å²) in [6.45, 7) is 1.67. The normalized spacial score (nSPS) is 18.0. The summed E-state index contributed by atoms with van der Waals surface area (Å²) in [5, 5.41) is 10.0. The summed E-state index contributed by atoms with van der Waals surface area (Å²) in [5.74, 6) is -0.650. The molecule has 26 heavy (non-hydrogen) atoms. The highest BCUT2D eigenvalue weighted by molar-refractivity contribution is 6.30. The van der Waals surface area contributed by atoms with Gasteiger partial charge in [0, 0.05) is 12.1 Å².